The molecular formula is C22H20ClFN2O3S. The van der Waals surface area contributed by atoms with Crippen molar-refractivity contribution in [3.63, 3.8) is 0 Å². The number of hydrogen-bond acceptors (Lipinski definition) is 3. The van der Waals surface area contributed by atoms with Gasteiger partial charge in [-0.3, -0.25) is 9.10 Å². The van der Waals surface area contributed by atoms with Gasteiger partial charge >= 0.3 is 0 Å². The second-order valence-corrected chi connectivity index (χ2v) is 9.13. The van der Waals surface area contributed by atoms with E-state index in [0.29, 0.717) is 16.3 Å². The van der Waals surface area contributed by atoms with Crippen LogP contribution < -0.4 is 9.62 Å². The normalized spacial score (nSPS) is 12.3. The van der Waals surface area contributed by atoms with Crippen LogP contribution in [0.5, 0.6) is 0 Å². The van der Waals surface area contributed by atoms with Crippen molar-refractivity contribution in [3.05, 3.63) is 94.8 Å². The van der Waals surface area contributed by atoms with Gasteiger partial charge in [0.2, 0.25) is 0 Å². The molecule has 3 aromatic rings. The highest BCUT2D eigenvalue weighted by atomic mass is 35.5. The molecule has 0 bridgehead atoms. The summed E-state index contributed by atoms with van der Waals surface area (Å²) in [6.07, 6.45) is 0. The minimum absolute atomic E-state index is 0.0918. The fourth-order valence-electron chi connectivity index (χ4n) is 2.86. The zero-order valence-corrected chi connectivity index (χ0v) is 17.9. The predicted octanol–water partition coefficient (Wildman–Crippen LogP) is 4.80. The molecule has 1 amide bonds. The molecule has 156 valence electrons. The van der Waals surface area contributed by atoms with E-state index in [4.69, 9.17) is 11.6 Å². The summed E-state index contributed by atoms with van der Waals surface area (Å²) in [6.45, 7) is 1.78. The summed E-state index contributed by atoms with van der Waals surface area (Å²) in [5.74, 6) is -0.721. The Morgan fingerprint density at radius 1 is 1.03 bits per heavy atom. The zero-order chi connectivity index (χ0) is 21.9. The topological polar surface area (TPSA) is 66.5 Å². The van der Waals surface area contributed by atoms with Crippen LogP contribution in [0.3, 0.4) is 0 Å². The van der Waals surface area contributed by atoms with Crippen molar-refractivity contribution in [1.82, 2.24) is 5.32 Å². The summed E-state index contributed by atoms with van der Waals surface area (Å²) in [7, 11) is -2.40. The number of halogens is 2. The maximum atomic E-state index is 13.1. The van der Waals surface area contributed by atoms with Crippen molar-refractivity contribution < 1.29 is 17.6 Å². The lowest BCUT2D eigenvalue weighted by molar-refractivity contribution is 0.0940. The highest BCUT2D eigenvalue weighted by Crippen LogP contribution is 2.24. The first-order valence-corrected chi connectivity index (χ1v) is 10.9. The zero-order valence-electron chi connectivity index (χ0n) is 16.3. The molecule has 0 aliphatic rings. The molecular weight excluding hydrogens is 427 g/mol. The molecule has 0 aromatic heterocycles. The van der Waals surface area contributed by atoms with Gasteiger partial charge in [0.05, 0.1) is 16.6 Å². The number of nitrogens with one attached hydrogen (secondary N) is 1. The molecule has 30 heavy (non-hydrogen) atoms. The van der Waals surface area contributed by atoms with Gasteiger partial charge < -0.3 is 5.32 Å². The van der Waals surface area contributed by atoms with Gasteiger partial charge in [0, 0.05) is 17.6 Å². The first-order chi connectivity index (χ1) is 14.2. The Bertz CT molecular complexity index is 1150. The number of rotatable bonds is 6. The third kappa shape index (κ3) is 4.80. The van der Waals surface area contributed by atoms with Crippen LogP contribution in [0.2, 0.25) is 5.02 Å². The van der Waals surface area contributed by atoms with Crippen LogP contribution in [0.1, 0.15) is 28.9 Å². The number of amides is 1. The van der Waals surface area contributed by atoms with Crippen molar-refractivity contribution in [3.8, 4) is 0 Å². The fourth-order valence-corrected chi connectivity index (χ4v) is 4.17. The Balaban J connectivity index is 1.80. The monoisotopic (exact) mass is 446 g/mol. The quantitative estimate of drug-likeness (QED) is 0.591. The van der Waals surface area contributed by atoms with Crippen molar-refractivity contribution in [2.24, 2.45) is 0 Å². The smallest absolute Gasteiger partial charge is 0.264 e. The molecule has 0 saturated carbocycles. The Kier molecular flexibility index (Phi) is 6.43. The van der Waals surface area contributed by atoms with Crippen LogP contribution in [0.15, 0.2) is 77.7 Å². The number of anilines is 1. The van der Waals surface area contributed by atoms with Gasteiger partial charge in [0.25, 0.3) is 15.9 Å². The Hall–Kier alpha value is -2.90. The van der Waals surface area contributed by atoms with Crippen molar-refractivity contribution in [2.45, 2.75) is 17.9 Å². The van der Waals surface area contributed by atoms with E-state index in [0.717, 1.165) is 9.87 Å². The predicted molar refractivity (Wildman–Crippen MR) is 116 cm³/mol. The van der Waals surface area contributed by atoms with Crippen LogP contribution in [0.25, 0.3) is 0 Å². The molecule has 0 heterocycles. The molecule has 3 aromatic carbocycles. The average molecular weight is 447 g/mol. The van der Waals surface area contributed by atoms with E-state index in [-0.39, 0.29) is 22.7 Å². The maximum absolute atomic E-state index is 13.1. The highest BCUT2D eigenvalue weighted by Gasteiger charge is 2.22. The van der Waals surface area contributed by atoms with Crippen molar-refractivity contribution in [2.75, 3.05) is 11.4 Å². The second kappa shape index (κ2) is 8.85. The lowest BCUT2D eigenvalue weighted by Crippen LogP contribution is -2.28. The first-order valence-electron chi connectivity index (χ1n) is 9.09. The number of hydrogen-bond donors (Lipinski definition) is 1. The molecule has 1 N–H and O–H groups in total. The second-order valence-electron chi connectivity index (χ2n) is 6.72. The van der Waals surface area contributed by atoms with E-state index in [1.54, 1.807) is 37.3 Å². The van der Waals surface area contributed by atoms with E-state index < -0.39 is 10.0 Å². The Morgan fingerprint density at radius 3 is 2.30 bits per heavy atom. The minimum Gasteiger partial charge on any atom is -0.346 e. The van der Waals surface area contributed by atoms with Gasteiger partial charge in [0.15, 0.2) is 0 Å². The lowest BCUT2D eigenvalue weighted by Gasteiger charge is -2.20. The van der Waals surface area contributed by atoms with Crippen LogP contribution in [0, 0.1) is 5.82 Å². The average Bonchev–Trinajstić information content (AvgIpc) is 2.74. The number of carbonyl (C=O) groups is 1. The summed E-state index contributed by atoms with van der Waals surface area (Å²) in [4.78, 5) is 12.8. The largest absolute Gasteiger partial charge is 0.346 e. The summed E-state index contributed by atoms with van der Waals surface area (Å²) in [5.41, 5.74) is 1.40. The molecule has 0 aliphatic heterocycles. The summed E-state index contributed by atoms with van der Waals surface area (Å²) in [5, 5.41) is 3.27. The lowest BCUT2D eigenvalue weighted by atomic mass is 10.1. The third-order valence-electron chi connectivity index (χ3n) is 4.66. The molecule has 8 heteroatoms. The number of sulfonamides is 1. The maximum Gasteiger partial charge on any atom is 0.264 e. The molecule has 0 aliphatic carbocycles. The van der Waals surface area contributed by atoms with Crippen LogP contribution in [-0.4, -0.2) is 21.4 Å². The van der Waals surface area contributed by atoms with E-state index >= 15 is 0 Å². The summed E-state index contributed by atoms with van der Waals surface area (Å²) >= 11 is 5.84. The van der Waals surface area contributed by atoms with Gasteiger partial charge in [-0.25, -0.2) is 12.8 Å². The molecule has 0 radical (unpaired) electrons. The Labute approximate surface area is 180 Å². The molecule has 0 spiro atoms. The molecule has 1 unspecified atom stereocenters. The molecule has 5 nitrogen and oxygen atoms in total. The van der Waals surface area contributed by atoms with Crippen LogP contribution in [-0.2, 0) is 10.0 Å². The van der Waals surface area contributed by atoms with E-state index in [2.05, 4.69) is 5.32 Å². The van der Waals surface area contributed by atoms with Crippen molar-refractivity contribution in [1.29, 1.82) is 0 Å². The number of carbonyl (C=O) groups excluding carboxylic acids is 1. The number of benzene rings is 3. The SMILES string of the molecule is CC(NC(=O)c1cccc(N(C)S(=O)(=O)c2ccc(Cl)cc2)c1)c1ccc(F)cc1. The fraction of sp³-hybridized carbons (Fsp3) is 0.136. The van der Waals surface area contributed by atoms with E-state index in [1.165, 1.54) is 49.5 Å². The van der Waals surface area contributed by atoms with E-state index in [1.807, 2.05) is 0 Å². The van der Waals surface area contributed by atoms with Crippen LogP contribution >= 0.6 is 11.6 Å². The number of nitrogens with zero attached hydrogens (tertiary/aromatic N) is 1. The molecule has 0 saturated heterocycles. The van der Waals surface area contributed by atoms with Gasteiger partial charge in [-0.15, -0.1) is 0 Å². The first kappa shape index (κ1) is 21.8. The van der Waals surface area contributed by atoms with Crippen LogP contribution in [0.4, 0.5) is 10.1 Å². The summed E-state index contributed by atoms with van der Waals surface area (Å²) in [6, 6.07) is 17.7. The van der Waals surface area contributed by atoms with Gasteiger partial charge in [-0.2, -0.15) is 0 Å². The molecule has 3 rings (SSSR count). The standard InChI is InChI=1S/C22H20ClFN2O3S/c1-15(16-6-10-19(24)11-7-16)25-22(27)17-4-3-5-20(14-17)26(2)30(28,29)21-12-8-18(23)9-13-21/h3-15H,1-2H3,(H,25,27). The molecule has 1 atom stereocenters. The van der Waals surface area contributed by atoms with E-state index in [9.17, 15) is 17.6 Å². The van der Waals surface area contributed by atoms with Crippen molar-refractivity contribution >= 4 is 33.2 Å². The van der Waals surface area contributed by atoms with Gasteiger partial charge in [-0.1, -0.05) is 29.8 Å². The minimum atomic E-state index is -3.81. The summed E-state index contributed by atoms with van der Waals surface area (Å²) < 4.78 is 39.9. The third-order valence-corrected chi connectivity index (χ3v) is 6.71. The molecule has 0 fully saturated rings. The van der Waals surface area contributed by atoms with Gasteiger partial charge in [-0.05, 0) is 67.1 Å². The van der Waals surface area contributed by atoms with Gasteiger partial charge in [0.1, 0.15) is 5.82 Å². The Morgan fingerprint density at radius 2 is 1.67 bits per heavy atom. The highest BCUT2D eigenvalue weighted by molar-refractivity contribution is 7.92.